The lowest BCUT2D eigenvalue weighted by Crippen LogP contribution is -2.40. The topological polar surface area (TPSA) is 55.1 Å². The Hall–Kier alpha value is -0.870. The van der Waals surface area contributed by atoms with Gasteiger partial charge in [0, 0.05) is 10.5 Å². The van der Waals surface area contributed by atoms with E-state index < -0.39 is 0 Å². The highest BCUT2D eigenvalue weighted by molar-refractivity contribution is 9.10. The van der Waals surface area contributed by atoms with E-state index in [2.05, 4.69) is 27.3 Å². The van der Waals surface area contributed by atoms with Crippen molar-refractivity contribution < 1.29 is 4.79 Å². The third-order valence-electron chi connectivity index (χ3n) is 3.84. The summed E-state index contributed by atoms with van der Waals surface area (Å²) in [6.45, 7) is 4.05. The molecule has 0 spiro atoms. The van der Waals surface area contributed by atoms with Crippen LogP contribution in [0.2, 0.25) is 0 Å². The van der Waals surface area contributed by atoms with E-state index in [9.17, 15) is 4.79 Å². The van der Waals surface area contributed by atoms with Crippen LogP contribution >= 0.6 is 15.9 Å². The lowest BCUT2D eigenvalue weighted by molar-refractivity contribution is -0.121. The molecule has 1 aromatic rings. The molecule has 0 bridgehead atoms. The minimum Gasteiger partial charge on any atom is -0.327 e. The standard InChI is InChI=1S/C15H21BrN2O/c1-9-7-10(2)14(12(16)8-9)18-15(19)11-5-3-4-6-13(11)17/h7-8,11,13H,3-6,17H2,1-2H3,(H,18,19). The highest BCUT2D eigenvalue weighted by atomic mass is 79.9. The Balaban J connectivity index is 2.14. The van der Waals surface area contributed by atoms with Crippen molar-refractivity contribution in [1.29, 1.82) is 0 Å². The molecule has 1 aliphatic rings. The van der Waals surface area contributed by atoms with E-state index in [0.717, 1.165) is 41.4 Å². The van der Waals surface area contributed by atoms with Gasteiger partial charge in [-0.3, -0.25) is 4.79 Å². The molecule has 1 fully saturated rings. The minimum atomic E-state index is -0.0543. The number of amides is 1. The Morgan fingerprint density at radius 2 is 2.00 bits per heavy atom. The molecule has 1 amide bonds. The summed E-state index contributed by atoms with van der Waals surface area (Å²) in [5.74, 6) is 0.00112. The van der Waals surface area contributed by atoms with Gasteiger partial charge in [-0.15, -0.1) is 0 Å². The van der Waals surface area contributed by atoms with Crippen LogP contribution in [-0.4, -0.2) is 11.9 Å². The molecule has 3 nitrogen and oxygen atoms in total. The molecule has 2 atom stereocenters. The van der Waals surface area contributed by atoms with E-state index >= 15 is 0 Å². The van der Waals surface area contributed by atoms with Gasteiger partial charge in [0.25, 0.3) is 0 Å². The molecule has 0 radical (unpaired) electrons. The molecule has 4 heteroatoms. The minimum absolute atomic E-state index is 0.00159. The van der Waals surface area contributed by atoms with Gasteiger partial charge < -0.3 is 11.1 Å². The van der Waals surface area contributed by atoms with Crippen LogP contribution in [0.1, 0.15) is 36.8 Å². The summed E-state index contributed by atoms with van der Waals surface area (Å²) in [7, 11) is 0. The van der Waals surface area contributed by atoms with Crippen molar-refractivity contribution in [2.75, 3.05) is 5.32 Å². The molecule has 1 aromatic carbocycles. The van der Waals surface area contributed by atoms with Crippen LogP contribution in [0, 0.1) is 19.8 Å². The van der Waals surface area contributed by atoms with Crippen LogP contribution in [0.15, 0.2) is 16.6 Å². The molecule has 0 aliphatic heterocycles. The SMILES string of the molecule is Cc1cc(C)c(NC(=O)C2CCCCC2N)c(Br)c1. The number of aryl methyl sites for hydroxylation is 2. The molecule has 3 N–H and O–H groups in total. The van der Waals surface area contributed by atoms with Crippen LogP contribution in [0.3, 0.4) is 0 Å². The molecule has 0 heterocycles. The lowest BCUT2D eigenvalue weighted by Gasteiger charge is -2.27. The van der Waals surface area contributed by atoms with Crippen LogP contribution < -0.4 is 11.1 Å². The van der Waals surface area contributed by atoms with E-state index in [1.807, 2.05) is 19.9 Å². The van der Waals surface area contributed by atoms with Gasteiger partial charge in [-0.2, -0.15) is 0 Å². The first-order valence-electron chi connectivity index (χ1n) is 6.82. The second-order valence-electron chi connectivity index (χ2n) is 5.48. The molecule has 104 valence electrons. The van der Waals surface area contributed by atoms with Gasteiger partial charge in [0.05, 0.1) is 11.6 Å². The number of nitrogens with one attached hydrogen (secondary N) is 1. The van der Waals surface area contributed by atoms with Crippen molar-refractivity contribution in [3.05, 3.63) is 27.7 Å². The van der Waals surface area contributed by atoms with Crippen molar-refractivity contribution in [3.63, 3.8) is 0 Å². The molecular weight excluding hydrogens is 304 g/mol. The van der Waals surface area contributed by atoms with Gasteiger partial charge in [0.1, 0.15) is 0 Å². The quantitative estimate of drug-likeness (QED) is 0.874. The number of anilines is 1. The second kappa shape index (κ2) is 6.06. The van der Waals surface area contributed by atoms with E-state index in [1.54, 1.807) is 0 Å². The monoisotopic (exact) mass is 324 g/mol. The molecule has 0 saturated heterocycles. The number of hydrogen-bond donors (Lipinski definition) is 2. The lowest BCUT2D eigenvalue weighted by atomic mass is 9.84. The van der Waals surface area contributed by atoms with Gasteiger partial charge in [-0.05, 0) is 59.8 Å². The van der Waals surface area contributed by atoms with Crippen molar-refractivity contribution in [3.8, 4) is 0 Å². The fraction of sp³-hybridized carbons (Fsp3) is 0.533. The summed E-state index contributed by atoms with van der Waals surface area (Å²) in [4.78, 5) is 12.4. The number of halogens is 1. The van der Waals surface area contributed by atoms with Crippen LogP contribution in [0.25, 0.3) is 0 Å². The zero-order valence-electron chi connectivity index (χ0n) is 11.5. The van der Waals surface area contributed by atoms with Gasteiger partial charge in [0.15, 0.2) is 0 Å². The molecule has 2 unspecified atom stereocenters. The molecule has 0 aromatic heterocycles. The smallest absolute Gasteiger partial charge is 0.229 e. The second-order valence-corrected chi connectivity index (χ2v) is 6.34. The van der Waals surface area contributed by atoms with Crippen LogP contribution in [0.5, 0.6) is 0 Å². The molecule has 2 rings (SSSR count). The van der Waals surface area contributed by atoms with E-state index in [0.29, 0.717) is 0 Å². The number of rotatable bonds is 2. The first-order chi connectivity index (χ1) is 8.99. The van der Waals surface area contributed by atoms with Crippen LogP contribution in [-0.2, 0) is 4.79 Å². The number of carbonyl (C=O) groups excluding carboxylic acids is 1. The normalized spacial score (nSPS) is 23.2. The Bertz CT molecular complexity index is 464. The number of benzene rings is 1. The maximum absolute atomic E-state index is 12.4. The van der Waals surface area contributed by atoms with Crippen molar-refractivity contribution in [2.45, 2.75) is 45.6 Å². The highest BCUT2D eigenvalue weighted by Crippen LogP contribution is 2.30. The molecule has 1 aliphatic carbocycles. The first-order valence-corrected chi connectivity index (χ1v) is 7.61. The van der Waals surface area contributed by atoms with Crippen molar-refractivity contribution in [2.24, 2.45) is 11.7 Å². The summed E-state index contributed by atoms with van der Waals surface area (Å²) in [6, 6.07) is 4.09. The number of nitrogens with two attached hydrogens (primary N) is 1. The third kappa shape index (κ3) is 3.37. The Kier molecular flexibility index (Phi) is 4.63. The summed E-state index contributed by atoms with van der Waals surface area (Å²) in [5.41, 5.74) is 9.18. The molecular formula is C15H21BrN2O. The number of hydrogen-bond acceptors (Lipinski definition) is 2. The van der Waals surface area contributed by atoms with E-state index in [1.165, 1.54) is 5.56 Å². The zero-order valence-corrected chi connectivity index (χ0v) is 13.1. The van der Waals surface area contributed by atoms with Gasteiger partial charge in [0.2, 0.25) is 5.91 Å². The maximum atomic E-state index is 12.4. The average Bonchev–Trinajstić information content (AvgIpc) is 2.34. The predicted octanol–water partition coefficient (Wildman–Crippen LogP) is 3.52. The fourth-order valence-electron chi connectivity index (χ4n) is 2.78. The van der Waals surface area contributed by atoms with Gasteiger partial charge in [-0.25, -0.2) is 0 Å². The predicted molar refractivity (Wildman–Crippen MR) is 82.2 cm³/mol. The van der Waals surface area contributed by atoms with E-state index in [-0.39, 0.29) is 17.9 Å². The zero-order chi connectivity index (χ0) is 14.0. The fourth-order valence-corrected chi connectivity index (χ4v) is 3.55. The van der Waals surface area contributed by atoms with Crippen LogP contribution in [0.4, 0.5) is 5.69 Å². The largest absolute Gasteiger partial charge is 0.327 e. The third-order valence-corrected chi connectivity index (χ3v) is 4.46. The Morgan fingerprint density at radius 3 is 2.63 bits per heavy atom. The molecule has 19 heavy (non-hydrogen) atoms. The van der Waals surface area contributed by atoms with E-state index in [4.69, 9.17) is 5.73 Å². The highest BCUT2D eigenvalue weighted by Gasteiger charge is 2.28. The summed E-state index contributed by atoms with van der Waals surface area (Å²) >= 11 is 3.52. The first kappa shape index (κ1) is 14.5. The Labute approximate surface area is 123 Å². The summed E-state index contributed by atoms with van der Waals surface area (Å²) in [5, 5.41) is 3.04. The van der Waals surface area contributed by atoms with Gasteiger partial charge >= 0.3 is 0 Å². The van der Waals surface area contributed by atoms with Crippen molar-refractivity contribution in [1.82, 2.24) is 0 Å². The van der Waals surface area contributed by atoms with Crippen molar-refractivity contribution >= 4 is 27.5 Å². The van der Waals surface area contributed by atoms with Gasteiger partial charge in [-0.1, -0.05) is 18.9 Å². The number of carbonyl (C=O) groups is 1. The summed E-state index contributed by atoms with van der Waals surface area (Å²) in [6.07, 6.45) is 4.08. The maximum Gasteiger partial charge on any atom is 0.229 e. The Morgan fingerprint density at radius 1 is 1.32 bits per heavy atom. The summed E-state index contributed by atoms with van der Waals surface area (Å²) < 4.78 is 0.933. The molecule has 1 saturated carbocycles. The average molecular weight is 325 g/mol.